The summed E-state index contributed by atoms with van der Waals surface area (Å²) in [4.78, 5) is 11.9. The molecule has 1 aliphatic carbocycles. The maximum Gasteiger partial charge on any atom is 0.387 e. The van der Waals surface area contributed by atoms with Gasteiger partial charge in [0, 0.05) is 0 Å². The summed E-state index contributed by atoms with van der Waals surface area (Å²) in [6, 6.07) is 5.86. The Kier molecular flexibility index (Phi) is 5.50. The molecule has 0 aliphatic heterocycles. The van der Waals surface area contributed by atoms with E-state index in [0.717, 1.165) is 19.3 Å². The van der Waals surface area contributed by atoms with Crippen LogP contribution in [0.4, 0.5) is 8.78 Å². The molecular weight excluding hydrogens is 280 g/mol. The average Bonchev–Trinajstić information content (AvgIpc) is 2.41. The molecule has 1 amide bonds. The molecule has 0 bridgehead atoms. The van der Waals surface area contributed by atoms with Crippen LogP contribution in [0.5, 0.6) is 5.75 Å². The standard InChI is InChI=1S/C15H19F2NO3/c16-15(17)21-11-5-3-4-10(8-11)9-14(20)18-12-6-1-2-7-13(12)19/h3-5,8,12-13,15,19H,1-2,6-7,9H2,(H,18,20). The van der Waals surface area contributed by atoms with Crippen LogP contribution in [0.3, 0.4) is 0 Å². The Morgan fingerprint density at radius 1 is 1.38 bits per heavy atom. The number of carbonyl (C=O) groups is 1. The first-order chi connectivity index (χ1) is 10.0. The van der Waals surface area contributed by atoms with Gasteiger partial charge in [-0.3, -0.25) is 4.79 Å². The number of rotatable bonds is 5. The molecule has 0 spiro atoms. The van der Waals surface area contributed by atoms with Crippen molar-refractivity contribution in [2.75, 3.05) is 0 Å². The molecule has 0 heterocycles. The van der Waals surface area contributed by atoms with Gasteiger partial charge >= 0.3 is 6.61 Å². The number of nitrogens with one attached hydrogen (secondary N) is 1. The largest absolute Gasteiger partial charge is 0.435 e. The molecule has 116 valence electrons. The van der Waals surface area contributed by atoms with Crippen LogP contribution < -0.4 is 10.1 Å². The second-order valence-corrected chi connectivity index (χ2v) is 5.23. The minimum absolute atomic E-state index is 0.0352. The molecule has 21 heavy (non-hydrogen) atoms. The van der Waals surface area contributed by atoms with Crippen LogP contribution in [-0.4, -0.2) is 29.8 Å². The minimum atomic E-state index is -2.88. The van der Waals surface area contributed by atoms with Crippen molar-refractivity contribution in [2.45, 2.75) is 50.9 Å². The van der Waals surface area contributed by atoms with Crippen LogP contribution in [0.25, 0.3) is 0 Å². The van der Waals surface area contributed by atoms with Crippen LogP contribution in [0.1, 0.15) is 31.2 Å². The molecule has 1 aliphatic rings. The Labute approximate surface area is 122 Å². The summed E-state index contributed by atoms with van der Waals surface area (Å²) in [6.45, 7) is -2.88. The fourth-order valence-corrected chi connectivity index (χ4v) is 2.55. The van der Waals surface area contributed by atoms with E-state index in [9.17, 15) is 18.7 Å². The highest BCUT2D eigenvalue weighted by molar-refractivity contribution is 5.79. The molecule has 2 atom stereocenters. The van der Waals surface area contributed by atoms with Crippen molar-refractivity contribution < 1.29 is 23.4 Å². The molecule has 1 fully saturated rings. The Morgan fingerprint density at radius 3 is 2.86 bits per heavy atom. The normalized spacial score (nSPS) is 22.1. The van der Waals surface area contributed by atoms with E-state index < -0.39 is 12.7 Å². The van der Waals surface area contributed by atoms with Crippen molar-refractivity contribution in [2.24, 2.45) is 0 Å². The maximum absolute atomic E-state index is 12.1. The quantitative estimate of drug-likeness (QED) is 0.876. The first kappa shape index (κ1) is 15.7. The van der Waals surface area contributed by atoms with Crippen LogP contribution in [0, 0.1) is 0 Å². The number of hydrogen-bond acceptors (Lipinski definition) is 3. The van der Waals surface area contributed by atoms with Crippen LogP contribution in [0.2, 0.25) is 0 Å². The number of benzene rings is 1. The average molecular weight is 299 g/mol. The topological polar surface area (TPSA) is 58.6 Å². The number of carbonyl (C=O) groups excluding carboxylic acids is 1. The van der Waals surface area contributed by atoms with E-state index in [1.807, 2.05) is 0 Å². The van der Waals surface area contributed by atoms with Gasteiger partial charge in [-0.2, -0.15) is 8.78 Å². The Balaban J connectivity index is 1.90. The molecule has 1 aromatic carbocycles. The smallest absolute Gasteiger partial charge is 0.387 e. The lowest BCUT2D eigenvalue weighted by Crippen LogP contribution is -2.45. The molecule has 4 nitrogen and oxygen atoms in total. The van der Waals surface area contributed by atoms with Crippen molar-refractivity contribution >= 4 is 5.91 Å². The van der Waals surface area contributed by atoms with Crippen LogP contribution in [0.15, 0.2) is 24.3 Å². The zero-order valence-corrected chi connectivity index (χ0v) is 11.6. The predicted octanol–water partition coefficient (Wildman–Crippen LogP) is 2.25. The maximum atomic E-state index is 12.1. The van der Waals surface area contributed by atoms with Crippen molar-refractivity contribution in [3.8, 4) is 5.75 Å². The predicted molar refractivity (Wildman–Crippen MR) is 73.2 cm³/mol. The second-order valence-electron chi connectivity index (χ2n) is 5.23. The number of aliphatic hydroxyl groups excluding tert-OH is 1. The van der Waals surface area contributed by atoms with Crippen LogP contribution in [-0.2, 0) is 11.2 Å². The highest BCUT2D eigenvalue weighted by Crippen LogP contribution is 2.19. The van der Waals surface area contributed by atoms with Gasteiger partial charge in [0.15, 0.2) is 0 Å². The Bertz CT molecular complexity index is 482. The summed E-state index contributed by atoms with van der Waals surface area (Å²) >= 11 is 0. The Hall–Kier alpha value is -1.69. The third-order valence-corrected chi connectivity index (χ3v) is 3.56. The molecule has 2 N–H and O–H groups in total. The van der Waals surface area contributed by atoms with E-state index in [2.05, 4.69) is 10.1 Å². The van der Waals surface area contributed by atoms with Crippen molar-refractivity contribution in [3.05, 3.63) is 29.8 Å². The lowest BCUT2D eigenvalue weighted by molar-refractivity contribution is -0.122. The molecule has 2 unspecified atom stereocenters. The van der Waals surface area contributed by atoms with Crippen molar-refractivity contribution in [1.29, 1.82) is 0 Å². The lowest BCUT2D eigenvalue weighted by Gasteiger charge is -2.28. The van der Waals surface area contributed by atoms with Crippen molar-refractivity contribution in [3.63, 3.8) is 0 Å². The lowest BCUT2D eigenvalue weighted by atomic mass is 9.92. The summed E-state index contributed by atoms with van der Waals surface area (Å²) < 4.78 is 28.6. The second kappa shape index (κ2) is 7.36. The molecule has 2 rings (SSSR count). The number of aliphatic hydroxyl groups is 1. The van der Waals surface area contributed by atoms with E-state index in [4.69, 9.17) is 0 Å². The molecule has 0 saturated heterocycles. The zero-order chi connectivity index (χ0) is 15.2. The van der Waals surface area contributed by atoms with Gasteiger partial charge in [0.1, 0.15) is 5.75 Å². The van der Waals surface area contributed by atoms with Gasteiger partial charge in [-0.15, -0.1) is 0 Å². The third kappa shape index (κ3) is 4.97. The summed E-state index contributed by atoms with van der Waals surface area (Å²) in [6.07, 6.45) is 2.99. The van der Waals surface area contributed by atoms with E-state index in [1.54, 1.807) is 12.1 Å². The SMILES string of the molecule is O=C(Cc1cccc(OC(F)F)c1)NC1CCCCC1O. The van der Waals surface area contributed by atoms with E-state index in [-0.39, 0.29) is 24.1 Å². The fourth-order valence-electron chi connectivity index (χ4n) is 2.55. The third-order valence-electron chi connectivity index (χ3n) is 3.56. The van der Waals surface area contributed by atoms with Gasteiger partial charge in [-0.25, -0.2) is 0 Å². The number of halogens is 2. The molecular formula is C15H19F2NO3. The number of alkyl halides is 2. The number of ether oxygens (including phenoxy) is 1. The molecule has 6 heteroatoms. The van der Waals surface area contributed by atoms with Gasteiger partial charge < -0.3 is 15.2 Å². The highest BCUT2D eigenvalue weighted by atomic mass is 19.3. The monoisotopic (exact) mass is 299 g/mol. The van der Waals surface area contributed by atoms with Gasteiger partial charge in [0.25, 0.3) is 0 Å². The first-order valence-corrected chi connectivity index (χ1v) is 7.06. The van der Waals surface area contributed by atoms with Crippen molar-refractivity contribution in [1.82, 2.24) is 5.32 Å². The van der Waals surface area contributed by atoms with Gasteiger partial charge in [-0.05, 0) is 30.5 Å². The van der Waals surface area contributed by atoms with Gasteiger partial charge in [-0.1, -0.05) is 25.0 Å². The summed E-state index contributed by atoms with van der Waals surface area (Å²) in [5.74, 6) is -0.192. The molecule has 1 aromatic rings. The number of hydrogen-bond donors (Lipinski definition) is 2. The summed E-state index contributed by atoms with van der Waals surface area (Å²) in [5, 5.41) is 12.6. The van der Waals surface area contributed by atoms with Gasteiger partial charge in [0.2, 0.25) is 5.91 Å². The first-order valence-electron chi connectivity index (χ1n) is 7.06. The van der Waals surface area contributed by atoms with E-state index >= 15 is 0 Å². The van der Waals surface area contributed by atoms with E-state index in [1.165, 1.54) is 12.1 Å². The minimum Gasteiger partial charge on any atom is -0.435 e. The highest BCUT2D eigenvalue weighted by Gasteiger charge is 2.24. The van der Waals surface area contributed by atoms with E-state index in [0.29, 0.717) is 12.0 Å². The Morgan fingerprint density at radius 2 is 2.14 bits per heavy atom. The molecule has 1 saturated carbocycles. The van der Waals surface area contributed by atoms with Gasteiger partial charge in [0.05, 0.1) is 18.6 Å². The summed E-state index contributed by atoms with van der Waals surface area (Å²) in [7, 11) is 0. The fraction of sp³-hybridized carbons (Fsp3) is 0.533. The zero-order valence-electron chi connectivity index (χ0n) is 11.6. The summed E-state index contributed by atoms with van der Waals surface area (Å²) in [5.41, 5.74) is 0.593. The van der Waals surface area contributed by atoms with Crippen LogP contribution >= 0.6 is 0 Å². The number of amides is 1. The molecule has 0 radical (unpaired) electrons. The molecule has 0 aromatic heterocycles.